The smallest absolute Gasteiger partial charge is 0.303 e. The number of esters is 4. The molecule has 1 fully saturated rings. The highest BCUT2D eigenvalue weighted by molar-refractivity contribution is 8.01. The number of nitrogens with zero attached hydrogens (tertiary/aromatic N) is 1. The fourth-order valence-electron chi connectivity index (χ4n) is 3.28. The summed E-state index contributed by atoms with van der Waals surface area (Å²) in [6.07, 6.45) is -4.49. The maximum Gasteiger partial charge on any atom is 0.303 e. The maximum absolute atomic E-state index is 11.9. The number of carbonyl (C=O) groups excluding carboxylic acids is 4. The summed E-state index contributed by atoms with van der Waals surface area (Å²) in [6, 6.07) is 7.54. The Kier molecular flexibility index (Phi) is 8.27. The molecule has 12 heteroatoms. The zero-order chi connectivity index (χ0) is 24.1. The van der Waals surface area contributed by atoms with Crippen molar-refractivity contribution in [2.45, 2.75) is 61.9 Å². The molecule has 1 aromatic carbocycles. The van der Waals surface area contributed by atoms with Crippen LogP contribution in [0.1, 0.15) is 27.7 Å². The molecule has 0 N–H and O–H groups in total. The predicted molar refractivity (Wildman–Crippen MR) is 117 cm³/mol. The predicted octanol–water partition coefficient (Wildman–Crippen LogP) is 2.47. The van der Waals surface area contributed by atoms with Crippen LogP contribution < -0.4 is 0 Å². The summed E-state index contributed by atoms with van der Waals surface area (Å²) in [5, 5.41) is 0. The van der Waals surface area contributed by atoms with Gasteiger partial charge in [-0.3, -0.25) is 19.2 Å². The normalized spacial score (nSPS) is 24.7. The van der Waals surface area contributed by atoms with E-state index in [1.807, 2.05) is 24.3 Å². The van der Waals surface area contributed by atoms with Crippen LogP contribution in [0.2, 0.25) is 0 Å². The summed E-state index contributed by atoms with van der Waals surface area (Å²) >= 11 is 2.58. The van der Waals surface area contributed by atoms with E-state index in [1.165, 1.54) is 50.8 Å². The van der Waals surface area contributed by atoms with Gasteiger partial charge in [0.2, 0.25) is 0 Å². The van der Waals surface area contributed by atoms with Crippen molar-refractivity contribution in [3.63, 3.8) is 0 Å². The molecule has 0 spiro atoms. The molecule has 0 saturated carbocycles. The Balaban J connectivity index is 1.98. The number of hydrogen-bond donors (Lipinski definition) is 0. The van der Waals surface area contributed by atoms with Gasteiger partial charge in [-0.05, 0) is 12.1 Å². The van der Waals surface area contributed by atoms with E-state index in [0.717, 1.165) is 10.2 Å². The van der Waals surface area contributed by atoms with E-state index in [1.54, 1.807) is 0 Å². The lowest BCUT2D eigenvalue weighted by atomic mass is 9.99. The minimum atomic E-state index is -1.20. The third-order valence-corrected chi connectivity index (χ3v) is 6.71. The SMILES string of the molecule is CC(=O)OC[C@@H]1O[C@H](Sc2nc3ccccc3s2)[C@H](OC(C)=O)[C@H](OC(C)=O)[C@H]1OC(C)=O. The lowest BCUT2D eigenvalue weighted by Gasteiger charge is -2.43. The molecule has 2 aromatic rings. The zero-order valence-electron chi connectivity index (χ0n) is 18.3. The second-order valence-electron chi connectivity index (χ2n) is 7.13. The Morgan fingerprint density at radius 3 is 2.12 bits per heavy atom. The molecule has 0 amide bonds. The minimum absolute atomic E-state index is 0.269. The molecule has 1 saturated heterocycles. The standard InChI is InChI=1S/C21H23NO9S2/c1-10(23)27-9-15-17(28-11(2)24)18(29-12(3)25)19(30-13(4)26)20(31-15)33-21-22-14-7-5-6-8-16(14)32-21/h5-8,15,17-20H,9H2,1-4H3/t15-,17-,18+,19+,20+/m0/s1. The highest BCUT2D eigenvalue weighted by Crippen LogP contribution is 2.40. The highest BCUT2D eigenvalue weighted by atomic mass is 32.2. The molecule has 1 aromatic heterocycles. The van der Waals surface area contributed by atoms with Gasteiger partial charge in [0, 0.05) is 27.7 Å². The van der Waals surface area contributed by atoms with Crippen molar-refractivity contribution < 1.29 is 42.9 Å². The van der Waals surface area contributed by atoms with E-state index >= 15 is 0 Å². The van der Waals surface area contributed by atoms with Gasteiger partial charge in [0.05, 0.1) is 10.2 Å². The molecule has 0 radical (unpaired) electrons. The third-order valence-electron chi connectivity index (χ3n) is 4.44. The molecule has 3 rings (SSSR count). The molecule has 2 heterocycles. The third kappa shape index (κ3) is 6.65. The lowest BCUT2D eigenvalue weighted by Crippen LogP contribution is -2.61. The van der Waals surface area contributed by atoms with Crippen molar-refractivity contribution >= 4 is 57.2 Å². The van der Waals surface area contributed by atoms with Gasteiger partial charge in [0.1, 0.15) is 12.7 Å². The van der Waals surface area contributed by atoms with Crippen LogP contribution in [0.5, 0.6) is 0 Å². The van der Waals surface area contributed by atoms with E-state index in [4.69, 9.17) is 23.7 Å². The number of benzene rings is 1. The van der Waals surface area contributed by atoms with Crippen LogP contribution in [0, 0.1) is 0 Å². The molecule has 33 heavy (non-hydrogen) atoms. The van der Waals surface area contributed by atoms with E-state index in [0.29, 0.717) is 4.34 Å². The van der Waals surface area contributed by atoms with Crippen LogP contribution in [-0.2, 0) is 42.9 Å². The Bertz CT molecular complexity index is 1010. The number of para-hydroxylation sites is 1. The van der Waals surface area contributed by atoms with Crippen LogP contribution in [0.15, 0.2) is 28.6 Å². The molecule has 0 bridgehead atoms. The van der Waals surface area contributed by atoms with Gasteiger partial charge in [-0.25, -0.2) is 4.98 Å². The molecule has 1 aliphatic rings. The molecule has 0 aliphatic carbocycles. The van der Waals surface area contributed by atoms with E-state index in [2.05, 4.69) is 4.98 Å². The van der Waals surface area contributed by atoms with Crippen molar-refractivity contribution in [2.24, 2.45) is 0 Å². The summed E-state index contributed by atoms with van der Waals surface area (Å²) in [4.78, 5) is 51.5. The van der Waals surface area contributed by atoms with Crippen molar-refractivity contribution in [1.29, 1.82) is 0 Å². The second kappa shape index (κ2) is 10.9. The molecule has 178 valence electrons. The Labute approximate surface area is 197 Å². The van der Waals surface area contributed by atoms with Gasteiger partial charge in [-0.2, -0.15) is 0 Å². The summed E-state index contributed by atoms with van der Waals surface area (Å²) in [5.41, 5.74) is -0.109. The van der Waals surface area contributed by atoms with Crippen LogP contribution >= 0.6 is 23.1 Å². The average molecular weight is 498 g/mol. The summed E-state index contributed by atoms with van der Waals surface area (Å²) in [5.74, 6) is -2.56. The first kappa shape index (κ1) is 24.9. The Morgan fingerprint density at radius 2 is 1.52 bits per heavy atom. The minimum Gasteiger partial charge on any atom is -0.463 e. The largest absolute Gasteiger partial charge is 0.463 e. The molecule has 5 atom stereocenters. The summed E-state index contributed by atoms with van der Waals surface area (Å²) in [6.45, 7) is 4.52. The highest BCUT2D eigenvalue weighted by Gasteiger charge is 2.52. The number of thiazole rings is 1. The fourth-order valence-corrected chi connectivity index (χ4v) is 5.62. The van der Waals surface area contributed by atoms with Crippen molar-refractivity contribution in [2.75, 3.05) is 6.61 Å². The van der Waals surface area contributed by atoms with Gasteiger partial charge >= 0.3 is 23.9 Å². The second-order valence-corrected chi connectivity index (χ2v) is 9.51. The van der Waals surface area contributed by atoms with Crippen molar-refractivity contribution in [3.05, 3.63) is 24.3 Å². The summed E-state index contributed by atoms with van der Waals surface area (Å²) in [7, 11) is 0. The summed E-state index contributed by atoms with van der Waals surface area (Å²) < 4.78 is 29.0. The topological polar surface area (TPSA) is 127 Å². The van der Waals surface area contributed by atoms with Gasteiger partial charge in [-0.15, -0.1) is 11.3 Å². The Hall–Kier alpha value is -2.70. The van der Waals surface area contributed by atoms with Gasteiger partial charge < -0.3 is 23.7 Å². The number of hydrogen-bond acceptors (Lipinski definition) is 12. The first-order chi connectivity index (χ1) is 15.6. The molecular weight excluding hydrogens is 474 g/mol. The van der Waals surface area contributed by atoms with E-state index in [9.17, 15) is 19.2 Å². The Morgan fingerprint density at radius 1 is 0.909 bits per heavy atom. The molecule has 1 aliphatic heterocycles. The van der Waals surface area contributed by atoms with Crippen molar-refractivity contribution in [3.8, 4) is 0 Å². The van der Waals surface area contributed by atoms with Crippen LogP contribution in [0.25, 0.3) is 10.2 Å². The van der Waals surface area contributed by atoms with Gasteiger partial charge in [-0.1, -0.05) is 23.9 Å². The maximum atomic E-state index is 11.9. The first-order valence-electron chi connectivity index (χ1n) is 9.96. The van der Waals surface area contributed by atoms with E-state index < -0.39 is 53.7 Å². The lowest BCUT2D eigenvalue weighted by molar-refractivity contribution is -0.237. The number of rotatable bonds is 7. The van der Waals surface area contributed by atoms with Gasteiger partial charge in [0.25, 0.3) is 0 Å². The zero-order valence-corrected chi connectivity index (χ0v) is 20.0. The monoisotopic (exact) mass is 497 g/mol. The van der Waals surface area contributed by atoms with E-state index in [-0.39, 0.29) is 6.61 Å². The first-order valence-corrected chi connectivity index (χ1v) is 11.7. The molecule has 10 nitrogen and oxygen atoms in total. The van der Waals surface area contributed by atoms with Crippen LogP contribution in [0.4, 0.5) is 0 Å². The van der Waals surface area contributed by atoms with Crippen LogP contribution in [-0.4, -0.2) is 65.3 Å². The molecular formula is C21H23NO9S2. The van der Waals surface area contributed by atoms with Crippen LogP contribution in [0.3, 0.4) is 0 Å². The van der Waals surface area contributed by atoms with Crippen molar-refractivity contribution in [1.82, 2.24) is 4.98 Å². The number of thioether (sulfide) groups is 1. The number of carbonyl (C=O) groups is 4. The number of aromatic nitrogens is 1. The average Bonchev–Trinajstić information content (AvgIpc) is 3.12. The number of ether oxygens (including phenoxy) is 5. The fraction of sp³-hybridized carbons (Fsp3) is 0.476. The number of fused-ring (bicyclic) bond motifs is 1. The quantitative estimate of drug-likeness (QED) is 0.413. The van der Waals surface area contributed by atoms with Gasteiger partial charge in [0.15, 0.2) is 28.1 Å². The molecule has 0 unspecified atom stereocenters.